The van der Waals surface area contributed by atoms with Crippen LogP contribution in [-0.4, -0.2) is 24.8 Å². The number of methoxy groups -OCH3 is 2. The van der Waals surface area contributed by atoms with Gasteiger partial charge in [0.2, 0.25) is 0 Å². The molecule has 4 heteroatoms. The summed E-state index contributed by atoms with van der Waals surface area (Å²) >= 11 is 0. The molecule has 0 amide bonds. The van der Waals surface area contributed by atoms with Gasteiger partial charge in [0.05, 0.1) is 20.6 Å². The molecular weight excluding hydrogens is 314 g/mol. The molecule has 0 radical (unpaired) electrons. The molecule has 0 aliphatic rings. The summed E-state index contributed by atoms with van der Waals surface area (Å²) in [6.45, 7) is 2.89. The minimum Gasteiger partial charge on any atom is -0.497 e. The second kappa shape index (κ2) is 7.43. The molecule has 0 spiro atoms. The van der Waals surface area contributed by atoms with Crippen LogP contribution in [0.25, 0.3) is 10.9 Å². The molecular formula is C21H23NO3. The zero-order valence-electron chi connectivity index (χ0n) is 14.9. The number of carbonyl (C=O) groups is 1. The van der Waals surface area contributed by atoms with Crippen LogP contribution >= 0.6 is 0 Å². The van der Waals surface area contributed by atoms with Crippen LogP contribution in [0.1, 0.15) is 23.7 Å². The number of benzene rings is 2. The van der Waals surface area contributed by atoms with Gasteiger partial charge in [0.1, 0.15) is 5.75 Å². The van der Waals surface area contributed by atoms with E-state index in [9.17, 15) is 4.79 Å². The minimum atomic E-state index is -0.226. The van der Waals surface area contributed by atoms with Gasteiger partial charge in [0.15, 0.2) is 0 Å². The van der Waals surface area contributed by atoms with Gasteiger partial charge in [-0.15, -0.1) is 0 Å². The number of aromatic nitrogens is 1. The van der Waals surface area contributed by atoms with Crippen LogP contribution in [0.2, 0.25) is 0 Å². The third-order valence-electron chi connectivity index (χ3n) is 4.56. The lowest BCUT2D eigenvalue weighted by Crippen LogP contribution is -2.09. The Morgan fingerprint density at radius 2 is 1.84 bits per heavy atom. The molecule has 3 rings (SSSR count). The van der Waals surface area contributed by atoms with Crippen LogP contribution in [0, 0.1) is 0 Å². The van der Waals surface area contributed by atoms with Crippen molar-refractivity contribution in [1.29, 1.82) is 0 Å². The number of hydrogen-bond donors (Lipinski definition) is 0. The van der Waals surface area contributed by atoms with E-state index in [-0.39, 0.29) is 12.4 Å². The summed E-state index contributed by atoms with van der Waals surface area (Å²) in [5, 5.41) is 1.05. The molecule has 0 N–H and O–H groups in total. The Balaban J connectivity index is 2.18. The van der Waals surface area contributed by atoms with E-state index in [0.29, 0.717) is 0 Å². The van der Waals surface area contributed by atoms with Gasteiger partial charge in [-0.1, -0.05) is 37.3 Å². The summed E-state index contributed by atoms with van der Waals surface area (Å²) in [4.78, 5) is 12.0. The Morgan fingerprint density at radius 1 is 1.08 bits per heavy atom. The smallest absolute Gasteiger partial charge is 0.310 e. The fourth-order valence-corrected chi connectivity index (χ4v) is 3.35. The van der Waals surface area contributed by atoms with Crippen molar-refractivity contribution >= 4 is 16.9 Å². The van der Waals surface area contributed by atoms with Crippen molar-refractivity contribution in [3.8, 4) is 5.75 Å². The maximum atomic E-state index is 12.0. The van der Waals surface area contributed by atoms with Gasteiger partial charge in [0, 0.05) is 23.1 Å². The van der Waals surface area contributed by atoms with Crippen molar-refractivity contribution in [1.82, 2.24) is 4.57 Å². The standard InChI is InChI=1S/C21H23NO3/c1-4-19-18(13-21(23)25-3)17-12-16(24-2)10-11-20(17)22(19)14-15-8-6-5-7-9-15/h5-12H,4,13-14H2,1-3H3. The van der Waals surface area contributed by atoms with E-state index in [1.807, 2.05) is 30.3 Å². The van der Waals surface area contributed by atoms with Crippen LogP contribution in [0.15, 0.2) is 48.5 Å². The highest BCUT2D eigenvalue weighted by atomic mass is 16.5. The summed E-state index contributed by atoms with van der Waals surface area (Å²) in [7, 11) is 3.08. The molecule has 0 saturated heterocycles. The number of ether oxygens (including phenoxy) is 2. The second-order valence-electron chi connectivity index (χ2n) is 5.99. The molecule has 0 fully saturated rings. The zero-order chi connectivity index (χ0) is 17.8. The van der Waals surface area contributed by atoms with Crippen molar-refractivity contribution in [2.45, 2.75) is 26.3 Å². The predicted octanol–water partition coefficient (Wildman–Crippen LogP) is 3.98. The molecule has 4 nitrogen and oxygen atoms in total. The normalized spacial score (nSPS) is 10.8. The lowest BCUT2D eigenvalue weighted by molar-refractivity contribution is -0.139. The van der Waals surface area contributed by atoms with Crippen LogP contribution in [0.3, 0.4) is 0 Å². The molecule has 0 unspecified atom stereocenters. The van der Waals surface area contributed by atoms with E-state index in [0.717, 1.165) is 40.9 Å². The summed E-state index contributed by atoms with van der Waals surface area (Å²) in [5.41, 5.74) is 4.53. The van der Waals surface area contributed by atoms with Gasteiger partial charge in [0.25, 0.3) is 0 Å². The van der Waals surface area contributed by atoms with Crippen molar-refractivity contribution < 1.29 is 14.3 Å². The van der Waals surface area contributed by atoms with Gasteiger partial charge >= 0.3 is 5.97 Å². The fourth-order valence-electron chi connectivity index (χ4n) is 3.35. The Labute approximate surface area is 148 Å². The largest absolute Gasteiger partial charge is 0.497 e. The molecule has 0 aliphatic heterocycles. The molecule has 1 aromatic heterocycles. The van der Waals surface area contributed by atoms with Crippen molar-refractivity contribution in [3.05, 3.63) is 65.4 Å². The first kappa shape index (κ1) is 17.1. The fraction of sp³-hybridized carbons (Fsp3) is 0.286. The Morgan fingerprint density at radius 3 is 2.48 bits per heavy atom. The highest BCUT2D eigenvalue weighted by Gasteiger charge is 2.19. The van der Waals surface area contributed by atoms with E-state index in [1.54, 1.807) is 7.11 Å². The number of hydrogen-bond acceptors (Lipinski definition) is 3. The van der Waals surface area contributed by atoms with Gasteiger partial charge in [-0.25, -0.2) is 0 Å². The summed E-state index contributed by atoms with van der Waals surface area (Å²) in [6.07, 6.45) is 1.11. The van der Waals surface area contributed by atoms with E-state index in [4.69, 9.17) is 9.47 Å². The first-order chi connectivity index (χ1) is 12.2. The first-order valence-corrected chi connectivity index (χ1v) is 8.46. The molecule has 0 atom stereocenters. The highest BCUT2D eigenvalue weighted by Crippen LogP contribution is 2.31. The molecule has 2 aromatic carbocycles. The van der Waals surface area contributed by atoms with Crippen molar-refractivity contribution in [3.63, 3.8) is 0 Å². The van der Waals surface area contributed by atoms with Gasteiger partial charge in [-0.2, -0.15) is 0 Å². The van der Waals surface area contributed by atoms with Gasteiger partial charge < -0.3 is 14.0 Å². The number of carbonyl (C=O) groups excluding carboxylic acids is 1. The Kier molecular flexibility index (Phi) is 5.08. The molecule has 3 aromatic rings. The quantitative estimate of drug-likeness (QED) is 0.639. The number of fused-ring (bicyclic) bond motifs is 1. The lowest BCUT2D eigenvalue weighted by Gasteiger charge is -2.11. The summed E-state index contributed by atoms with van der Waals surface area (Å²) in [6, 6.07) is 16.4. The minimum absolute atomic E-state index is 0.226. The molecule has 1 heterocycles. The number of nitrogens with zero attached hydrogens (tertiary/aromatic N) is 1. The molecule has 0 aliphatic carbocycles. The van der Waals surface area contributed by atoms with Crippen LogP contribution < -0.4 is 4.74 Å². The topological polar surface area (TPSA) is 40.5 Å². The third kappa shape index (κ3) is 3.38. The Hall–Kier alpha value is -2.75. The average Bonchev–Trinajstić information content (AvgIpc) is 2.94. The SMILES string of the molecule is CCc1c(CC(=O)OC)c2cc(OC)ccc2n1Cc1ccccc1. The van der Waals surface area contributed by atoms with Gasteiger partial charge in [-0.05, 0) is 35.7 Å². The average molecular weight is 337 g/mol. The second-order valence-corrected chi connectivity index (χ2v) is 5.99. The van der Waals surface area contributed by atoms with E-state index in [2.05, 4.69) is 29.7 Å². The molecule has 0 saturated carbocycles. The lowest BCUT2D eigenvalue weighted by atomic mass is 10.1. The van der Waals surface area contributed by atoms with E-state index < -0.39 is 0 Å². The van der Waals surface area contributed by atoms with Crippen LogP contribution in [0.5, 0.6) is 5.75 Å². The number of esters is 1. The molecule has 130 valence electrons. The van der Waals surface area contributed by atoms with Crippen molar-refractivity contribution in [2.24, 2.45) is 0 Å². The highest BCUT2D eigenvalue weighted by molar-refractivity contribution is 5.90. The molecule has 0 bridgehead atoms. The summed E-state index contributed by atoms with van der Waals surface area (Å²) < 4.78 is 12.6. The third-order valence-corrected chi connectivity index (χ3v) is 4.56. The predicted molar refractivity (Wildman–Crippen MR) is 99.1 cm³/mol. The first-order valence-electron chi connectivity index (χ1n) is 8.46. The zero-order valence-corrected chi connectivity index (χ0v) is 14.9. The van der Waals surface area contributed by atoms with Crippen LogP contribution in [-0.2, 0) is 28.9 Å². The summed E-state index contributed by atoms with van der Waals surface area (Å²) in [5.74, 6) is 0.564. The maximum Gasteiger partial charge on any atom is 0.310 e. The number of rotatable bonds is 6. The van der Waals surface area contributed by atoms with Gasteiger partial charge in [-0.3, -0.25) is 4.79 Å². The van der Waals surface area contributed by atoms with Crippen molar-refractivity contribution in [2.75, 3.05) is 14.2 Å². The monoisotopic (exact) mass is 337 g/mol. The van der Waals surface area contributed by atoms with Crippen LogP contribution in [0.4, 0.5) is 0 Å². The maximum absolute atomic E-state index is 12.0. The molecule has 25 heavy (non-hydrogen) atoms. The Bertz CT molecular complexity index is 881. The van der Waals surface area contributed by atoms with E-state index >= 15 is 0 Å². The van der Waals surface area contributed by atoms with E-state index in [1.165, 1.54) is 12.7 Å².